The first-order chi connectivity index (χ1) is 10.0. The summed E-state index contributed by atoms with van der Waals surface area (Å²) < 4.78 is 28.4. The Hall–Kier alpha value is -2.10. The van der Waals surface area contributed by atoms with Gasteiger partial charge >= 0.3 is 6.61 Å². The summed E-state index contributed by atoms with van der Waals surface area (Å²) in [5.41, 5.74) is 3.34. The molecule has 0 saturated heterocycles. The minimum absolute atomic E-state index is 0.176. The lowest BCUT2D eigenvalue weighted by atomic mass is 10.0. The van der Waals surface area contributed by atoms with Crippen molar-refractivity contribution in [3.63, 3.8) is 0 Å². The average Bonchev–Trinajstić information content (AvgIpc) is 2.46. The third kappa shape index (κ3) is 4.74. The molecule has 112 valence electrons. The zero-order valence-corrected chi connectivity index (χ0v) is 12.1. The number of hydrogen-bond donors (Lipinski definition) is 1. The van der Waals surface area contributed by atoms with Crippen LogP contribution in [0.15, 0.2) is 48.5 Å². The fourth-order valence-corrected chi connectivity index (χ4v) is 1.98. The monoisotopic (exact) mass is 291 g/mol. The maximum absolute atomic E-state index is 12.0. The molecule has 2 nitrogen and oxygen atoms in total. The molecule has 21 heavy (non-hydrogen) atoms. The van der Waals surface area contributed by atoms with Crippen molar-refractivity contribution in [1.82, 2.24) is 0 Å². The Kier molecular flexibility index (Phi) is 5.14. The van der Waals surface area contributed by atoms with Crippen LogP contribution < -0.4 is 10.1 Å². The SMILES string of the molecule is CC(C)c1ccc(NCc2ccc(OC(F)F)cc2)cc1. The van der Waals surface area contributed by atoms with Crippen LogP contribution in [0, 0.1) is 0 Å². The van der Waals surface area contributed by atoms with Crippen LogP contribution in [-0.2, 0) is 6.54 Å². The molecule has 0 fully saturated rings. The van der Waals surface area contributed by atoms with Gasteiger partial charge < -0.3 is 10.1 Å². The summed E-state index contributed by atoms with van der Waals surface area (Å²) in [5.74, 6) is 0.691. The van der Waals surface area contributed by atoms with Crippen molar-refractivity contribution in [3.05, 3.63) is 59.7 Å². The number of benzene rings is 2. The molecule has 0 unspecified atom stereocenters. The number of anilines is 1. The highest BCUT2D eigenvalue weighted by molar-refractivity contribution is 5.45. The maximum atomic E-state index is 12.0. The number of nitrogens with one attached hydrogen (secondary N) is 1. The van der Waals surface area contributed by atoms with E-state index in [0.29, 0.717) is 12.5 Å². The molecule has 0 aliphatic carbocycles. The molecular formula is C17H19F2NO. The van der Waals surface area contributed by atoms with Crippen LogP contribution in [0.2, 0.25) is 0 Å². The first-order valence-electron chi connectivity index (χ1n) is 6.92. The average molecular weight is 291 g/mol. The van der Waals surface area contributed by atoms with Crippen molar-refractivity contribution in [2.75, 3.05) is 5.32 Å². The third-order valence-corrected chi connectivity index (χ3v) is 3.22. The summed E-state index contributed by atoms with van der Waals surface area (Å²) >= 11 is 0. The van der Waals surface area contributed by atoms with E-state index in [1.54, 1.807) is 24.3 Å². The molecule has 0 radical (unpaired) electrons. The van der Waals surface area contributed by atoms with Gasteiger partial charge in [-0.15, -0.1) is 0 Å². The minimum Gasteiger partial charge on any atom is -0.435 e. The van der Waals surface area contributed by atoms with Crippen LogP contribution in [-0.4, -0.2) is 6.61 Å². The van der Waals surface area contributed by atoms with Gasteiger partial charge in [0.05, 0.1) is 0 Å². The predicted octanol–water partition coefficient (Wildman–Crippen LogP) is 5.02. The van der Waals surface area contributed by atoms with E-state index in [2.05, 4.69) is 36.0 Å². The molecule has 0 heterocycles. The van der Waals surface area contributed by atoms with E-state index < -0.39 is 6.61 Å². The first-order valence-corrected chi connectivity index (χ1v) is 6.92. The van der Waals surface area contributed by atoms with Gasteiger partial charge in [0, 0.05) is 12.2 Å². The van der Waals surface area contributed by atoms with Crippen LogP contribution in [0.5, 0.6) is 5.75 Å². The molecule has 2 aromatic rings. The van der Waals surface area contributed by atoms with Gasteiger partial charge in [0.15, 0.2) is 0 Å². The van der Waals surface area contributed by atoms with Crippen molar-refractivity contribution in [1.29, 1.82) is 0 Å². The summed E-state index contributed by atoms with van der Waals surface area (Å²) in [5, 5.41) is 3.30. The standard InChI is InChI=1S/C17H19F2NO/c1-12(2)14-5-7-15(8-6-14)20-11-13-3-9-16(10-4-13)21-17(18)19/h3-10,12,17,20H,11H2,1-2H3. The number of halogens is 2. The van der Waals surface area contributed by atoms with Crippen LogP contribution in [0.3, 0.4) is 0 Å². The van der Waals surface area contributed by atoms with Gasteiger partial charge in [0.1, 0.15) is 5.75 Å². The Bertz CT molecular complexity index is 550. The second kappa shape index (κ2) is 7.07. The topological polar surface area (TPSA) is 21.3 Å². The van der Waals surface area contributed by atoms with Crippen LogP contribution >= 0.6 is 0 Å². The van der Waals surface area contributed by atoms with Crippen molar-refractivity contribution in [2.45, 2.75) is 32.9 Å². The third-order valence-electron chi connectivity index (χ3n) is 3.22. The zero-order valence-electron chi connectivity index (χ0n) is 12.1. The Morgan fingerprint density at radius 2 is 1.57 bits per heavy atom. The van der Waals surface area contributed by atoms with Gasteiger partial charge in [-0.3, -0.25) is 0 Å². The molecule has 0 amide bonds. The summed E-state index contributed by atoms with van der Waals surface area (Å²) in [7, 11) is 0. The quantitative estimate of drug-likeness (QED) is 0.806. The molecule has 0 aromatic heterocycles. The Balaban J connectivity index is 1.90. The van der Waals surface area contributed by atoms with Crippen molar-refractivity contribution >= 4 is 5.69 Å². The number of rotatable bonds is 6. The highest BCUT2D eigenvalue weighted by atomic mass is 19.3. The van der Waals surface area contributed by atoms with Crippen LogP contribution in [0.4, 0.5) is 14.5 Å². The lowest BCUT2D eigenvalue weighted by Gasteiger charge is -2.10. The maximum Gasteiger partial charge on any atom is 0.387 e. The molecule has 0 spiro atoms. The zero-order chi connectivity index (χ0) is 15.2. The second-order valence-corrected chi connectivity index (χ2v) is 5.15. The van der Waals surface area contributed by atoms with E-state index in [1.807, 2.05) is 12.1 Å². The van der Waals surface area contributed by atoms with Gasteiger partial charge in [0.25, 0.3) is 0 Å². The summed E-state index contributed by atoms with van der Waals surface area (Å²) in [6.45, 7) is 2.17. The van der Waals surface area contributed by atoms with E-state index in [9.17, 15) is 8.78 Å². The van der Waals surface area contributed by atoms with Crippen molar-refractivity contribution < 1.29 is 13.5 Å². The lowest BCUT2D eigenvalue weighted by Crippen LogP contribution is -2.03. The molecule has 2 rings (SSSR count). The molecule has 0 atom stereocenters. The molecule has 0 aliphatic rings. The van der Waals surface area contributed by atoms with E-state index in [4.69, 9.17) is 0 Å². The minimum atomic E-state index is -2.78. The predicted molar refractivity (Wildman–Crippen MR) is 80.9 cm³/mol. The molecule has 2 aromatic carbocycles. The van der Waals surface area contributed by atoms with E-state index in [1.165, 1.54) is 5.56 Å². The Morgan fingerprint density at radius 1 is 0.952 bits per heavy atom. The van der Waals surface area contributed by atoms with Gasteiger partial charge in [-0.05, 0) is 41.3 Å². The van der Waals surface area contributed by atoms with Crippen LogP contribution in [0.25, 0.3) is 0 Å². The van der Waals surface area contributed by atoms with Crippen LogP contribution in [0.1, 0.15) is 30.9 Å². The highest BCUT2D eigenvalue weighted by Gasteiger charge is 2.03. The normalized spacial score (nSPS) is 11.0. The number of ether oxygens (including phenoxy) is 1. The van der Waals surface area contributed by atoms with Gasteiger partial charge in [0.2, 0.25) is 0 Å². The van der Waals surface area contributed by atoms with Gasteiger partial charge in [-0.25, -0.2) is 0 Å². The Labute approximate surface area is 123 Å². The van der Waals surface area contributed by atoms with E-state index >= 15 is 0 Å². The molecule has 0 bridgehead atoms. The van der Waals surface area contributed by atoms with Gasteiger partial charge in [-0.2, -0.15) is 8.78 Å². The fourth-order valence-electron chi connectivity index (χ4n) is 1.98. The van der Waals surface area contributed by atoms with E-state index in [0.717, 1.165) is 11.3 Å². The number of alkyl halides is 2. The summed E-state index contributed by atoms with van der Waals surface area (Å²) in [4.78, 5) is 0. The number of hydrogen-bond acceptors (Lipinski definition) is 2. The molecule has 1 N–H and O–H groups in total. The summed E-state index contributed by atoms with van der Waals surface area (Å²) in [6.07, 6.45) is 0. The largest absolute Gasteiger partial charge is 0.435 e. The van der Waals surface area contributed by atoms with Gasteiger partial charge in [-0.1, -0.05) is 38.1 Å². The van der Waals surface area contributed by atoms with Crippen molar-refractivity contribution in [2.24, 2.45) is 0 Å². The second-order valence-electron chi connectivity index (χ2n) is 5.15. The Morgan fingerprint density at radius 3 is 2.10 bits per heavy atom. The molecule has 0 saturated carbocycles. The lowest BCUT2D eigenvalue weighted by molar-refractivity contribution is -0.0498. The highest BCUT2D eigenvalue weighted by Crippen LogP contribution is 2.19. The molecule has 0 aliphatic heterocycles. The van der Waals surface area contributed by atoms with Crippen molar-refractivity contribution in [3.8, 4) is 5.75 Å². The molecular weight excluding hydrogens is 272 g/mol. The van der Waals surface area contributed by atoms with E-state index in [-0.39, 0.29) is 5.75 Å². The molecule has 4 heteroatoms. The first kappa shape index (κ1) is 15.3. The summed E-state index contributed by atoms with van der Waals surface area (Å²) in [6, 6.07) is 14.9. The fraction of sp³-hybridized carbons (Fsp3) is 0.294. The smallest absolute Gasteiger partial charge is 0.387 e.